The number of ether oxygens (including phenoxy) is 1. The molecule has 4 aromatic rings. The second-order valence-electron chi connectivity index (χ2n) is 8.20. The summed E-state index contributed by atoms with van der Waals surface area (Å²) in [5.41, 5.74) is 1.69. The van der Waals surface area contributed by atoms with Crippen molar-refractivity contribution < 1.29 is 18.3 Å². The molecule has 0 aliphatic carbocycles. The summed E-state index contributed by atoms with van der Waals surface area (Å²) in [6.07, 6.45) is 0.849. The molecule has 2 heterocycles. The zero-order chi connectivity index (χ0) is 23.8. The maximum Gasteiger partial charge on any atom is 0.291 e. The third kappa shape index (κ3) is 3.94. The van der Waals surface area contributed by atoms with Crippen LogP contribution in [0.5, 0.6) is 5.75 Å². The monoisotopic (exact) mass is 477 g/mol. The predicted molar refractivity (Wildman–Crippen MR) is 128 cm³/mol. The van der Waals surface area contributed by atoms with Crippen LogP contribution in [0.25, 0.3) is 11.0 Å². The summed E-state index contributed by atoms with van der Waals surface area (Å²) in [5, 5.41) is 0.713. The van der Waals surface area contributed by atoms with Crippen LogP contribution in [0.2, 0.25) is 5.02 Å². The molecule has 0 saturated carbocycles. The molecule has 0 spiro atoms. The number of halogens is 2. The number of carbonyl (C=O) groups excluding carboxylic acids is 1. The third-order valence-electron chi connectivity index (χ3n) is 5.84. The molecule has 172 valence electrons. The quantitative estimate of drug-likeness (QED) is 0.335. The molecule has 5 nitrogen and oxygen atoms in total. The van der Waals surface area contributed by atoms with Crippen molar-refractivity contribution >= 4 is 28.5 Å². The summed E-state index contributed by atoms with van der Waals surface area (Å²) >= 11 is 6.14. The van der Waals surface area contributed by atoms with Crippen molar-refractivity contribution in [2.45, 2.75) is 25.9 Å². The maximum absolute atomic E-state index is 13.6. The Morgan fingerprint density at radius 1 is 1.06 bits per heavy atom. The van der Waals surface area contributed by atoms with E-state index < -0.39 is 11.9 Å². The van der Waals surface area contributed by atoms with Crippen LogP contribution < -0.4 is 10.2 Å². The van der Waals surface area contributed by atoms with Gasteiger partial charge in [-0.15, -0.1) is 0 Å². The summed E-state index contributed by atoms with van der Waals surface area (Å²) in [4.78, 5) is 28.7. The Bertz CT molecular complexity index is 1450. The highest BCUT2D eigenvalue weighted by Crippen LogP contribution is 2.40. The minimum Gasteiger partial charge on any atom is -0.494 e. The third-order valence-corrected chi connectivity index (χ3v) is 6.08. The van der Waals surface area contributed by atoms with Crippen molar-refractivity contribution in [2.75, 3.05) is 6.61 Å². The van der Waals surface area contributed by atoms with Crippen LogP contribution in [0.1, 0.15) is 46.6 Å². The number of fused-ring (bicyclic) bond motifs is 2. The van der Waals surface area contributed by atoms with Gasteiger partial charge >= 0.3 is 0 Å². The van der Waals surface area contributed by atoms with Gasteiger partial charge in [0.1, 0.15) is 17.1 Å². The Balaban J connectivity index is 1.68. The molecule has 0 N–H and O–H groups in total. The first-order valence-electron chi connectivity index (χ1n) is 11.0. The molecule has 3 aromatic carbocycles. The first-order valence-corrected chi connectivity index (χ1v) is 11.4. The van der Waals surface area contributed by atoms with E-state index in [9.17, 15) is 14.0 Å². The molecular weight excluding hydrogens is 457 g/mol. The van der Waals surface area contributed by atoms with Gasteiger partial charge in [-0.3, -0.25) is 9.59 Å². The van der Waals surface area contributed by atoms with Crippen LogP contribution in [0.3, 0.4) is 0 Å². The summed E-state index contributed by atoms with van der Waals surface area (Å²) in [6, 6.07) is 17.3. The normalized spacial score (nSPS) is 15.1. The lowest BCUT2D eigenvalue weighted by atomic mass is 9.98. The molecule has 0 saturated heterocycles. The van der Waals surface area contributed by atoms with Gasteiger partial charge < -0.3 is 14.1 Å². The number of hydrogen-bond donors (Lipinski definition) is 0. The van der Waals surface area contributed by atoms with Gasteiger partial charge in [0.05, 0.1) is 23.6 Å². The van der Waals surface area contributed by atoms with Gasteiger partial charge in [-0.05, 0) is 60.0 Å². The van der Waals surface area contributed by atoms with Crippen molar-refractivity contribution in [3.8, 4) is 5.75 Å². The summed E-state index contributed by atoms with van der Waals surface area (Å²) in [6.45, 7) is 2.74. The SMILES string of the molecule is CCCOc1cccc(C2c3c(oc4ccc(Cl)cc4c3=O)C(=O)N2Cc2ccc(F)cc2)c1. The van der Waals surface area contributed by atoms with Gasteiger partial charge in [0.15, 0.2) is 5.43 Å². The first-order chi connectivity index (χ1) is 16.5. The molecule has 1 amide bonds. The van der Waals surface area contributed by atoms with Gasteiger partial charge in [-0.25, -0.2) is 4.39 Å². The molecule has 0 radical (unpaired) electrons. The van der Waals surface area contributed by atoms with E-state index in [0.29, 0.717) is 28.3 Å². The molecule has 34 heavy (non-hydrogen) atoms. The topological polar surface area (TPSA) is 59.8 Å². The highest BCUT2D eigenvalue weighted by atomic mass is 35.5. The predicted octanol–water partition coefficient (Wildman–Crippen LogP) is 6.12. The highest BCUT2D eigenvalue weighted by Gasteiger charge is 2.42. The lowest BCUT2D eigenvalue weighted by molar-refractivity contribution is 0.0714. The lowest BCUT2D eigenvalue weighted by Gasteiger charge is -2.25. The average molecular weight is 478 g/mol. The van der Waals surface area contributed by atoms with Gasteiger partial charge in [0, 0.05) is 11.6 Å². The minimum atomic E-state index is -0.697. The molecule has 1 unspecified atom stereocenters. The molecule has 0 fully saturated rings. The summed E-state index contributed by atoms with van der Waals surface area (Å²) in [7, 11) is 0. The second-order valence-corrected chi connectivity index (χ2v) is 8.63. The Morgan fingerprint density at radius 3 is 2.62 bits per heavy atom. The highest BCUT2D eigenvalue weighted by molar-refractivity contribution is 6.31. The van der Waals surface area contributed by atoms with Crippen LogP contribution in [0.4, 0.5) is 4.39 Å². The van der Waals surface area contributed by atoms with Crippen LogP contribution >= 0.6 is 11.6 Å². The number of amides is 1. The average Bonchev–Trinajstić information content (AvgIpc) is 3.11. The smallest absolute Gasteiger partial charge is 0.291 e. The standard InChI is InChI=1S/C27H21ClFNO4/c1-2-12-33-20-5-3-4-17(13-20)24-23-25(31)21-14-18(28)8-11-22(21)34-26(23)27(32)30(24)15-16-6-9-19(29)10-7-16/h3-11,13-14,24H,2,12,15H2,1H3. The van der Waals surface area contributed by atoms with E-state index in [2.05, 4.69) is 0 Å². The van der Waals surface area contributed by atoms with E-state index in [-0.39, 0.29) is 29.1 Å². The van der Waals surface area contributed by atoms with E-state index >= 15 is 0 Å². The second kappa shape index (κ2) is 8.95. The van der Waals surface area contributed by atoms with E-state index in [1.807, 2.05) is 31.2 Å². The van der Waals surface area contributed by atoms with E-state index in [1.165, 1.54) is 12.1 Å². The van der Waals surface area contributed by atoms with Crippen LogP contribution in [0.15, 0.2) is 75.9 Å². The van der Waals surface area contributed by atoms with Crippen molar-refractivity contribution in [1.29, 1.82) is 0 Å². The zero-order valence-corrected chi connectivity index (χ0v) is 19.1. The number of carbonyl (C=O) groups is 1. The summed E-state index contributed by atoms with van der Waals surface area (Å²) < 4.78 is 25.2. The number of hydrogen-bond acceptors (Lipinski definition) is 4. The lowest BCUT2D eigenvalue weighted by Crippen LogP contribution is -2.29. The largest absolute Gasteiger partial charge is 0.494 e. The van der Waals surface area contributed by atoms with Crippen LogP contribution in [0, 0.1) is 5.82 Å². The molecule has 1 atom stereocenters. The van der Waals surface area contributed by atoms with Crippen molar-refractivity contribution in [1.82, 2.24) is 4.90 Å². The fourth-order valence-electron chi connectivity index (χ4n) is 4.28. The van der Waals surface area contributed by atoms with Crippen molar-refractivity contribution in [3.05, 3.63) is 110 Å². The Hall–Kier alpha value is -3.64. The first kappa shape index (κ1) is 22.2. The number of benzene rings is 3. The molecule has 1 aliphatic rings. The Kier molecular flexibility index (Phi) is 5.84. The van der Waals surface area contributed by atoms with Gasteiger partial charge in [-0.1, -0.05) is 42.8 Å². The van der Waals surface area contributed by atoms with E-state index in [4.69, 9.17) is 20.8 Å². The zero-order valence-electron chi connectivity index (χ0n) is 18.4. The Labute approximate surface area is 200 Å². The number of nitrogens with zero attached hydrogens (tertiary/aromatic N) is 1. The van der Waals surface area contributed by atoms with Crippen LogP contribution in [-0.2, 0) is 6.54 Å². The Morgan fingerprint density at radius 2 is 1.85 bits per heavy atom. The molecule has 0 bridgehead atoms. The van der Waals surface area contributed by atoms with Crippen molar-refractivity contribution in [3.63, 3.8) is 0 Å². The molecule has 7 heteroatoms. The van der Waals surface area contributed by atoms with Crippen LogP contribution in [-0.4, -0.2) is 17.4 Å². The maximum atomic E-state index is 13.6. The molecule has 1 aliphatic heterocycles. The fourth-order valence-corrected chi connectivity index (χ4v) is 4.46. The van der Waals surface area contributed by atoms with E-state index in [1.54, 1.807) is 35.2 Å². The van der Waals surface area contributed by atoms with Gasteiger partial charge in [0.2, 0.25) is 5.76 Å². The fraction of sp³-hybridized carbons (Fsp3) is 0.185. The minimum absolute atomic E-state index is 0.00631. The van der Waals surface area contributed by atoms with Gasteiger partial charge in [0.25, 0.3) is 5.91 Å². The van der Waals surface area contributed by atoms with Crippen molar-refractivity contribution in [2.24, 2.45) is 0 Å². The molecule has 5 rings (SSSR count). The summed E-state index contributed by atoms with van der Waals surface area (Å²) in [5.74, 6) is -0.114. The molecular formula is C27H21ClFNO4. The van der Waals surface area contributed by atoms with Gasteiger partial charge in [-0.2, -0.15) is 0 Å². The number of rotatable bonds is 6. The van der Waals surface area contributed by atoms with E-state index in [0.717, 1.165) is 17.5 Å². The molecule has 1 aromatic heterocycles.